The van der Waals surface area contributed by atoms with Crippen molar-refractivity contribution in [2.75, 3.05) is 31.0 Å². The second-order valence-electron chi connectivity index (χ2n) is 6.66. The fraction of sp³-hybridized carbons (Fsp3) is 1.00. The maximum atomic E-state index is 6.00. The van der Waals surface area contributed by atoms with Crippen molar-refractivity contribution in [3.8, 4) is 0 Å². The van der Waals surface area contributed by atoms with Gasteiger partial charge in [-0.05, 0) is 63.5 Å². The summed E-state index contributed by atoms with van der Waals surface area (Å²) < 4.78 is 11.6. The first-order valence-corrected chi connectivity index (χ1v) is 9.67. The summed E-state index contributed by atoms with van der Waals surface area (Å²) in [6.45, 7) is 12.6. The van der Waals surface area contributed by atoms with Crippen LogP contribution in [0.2, 0.25) is 0 Å². The van der Waals surface area contributed by atoms with Crippen molar-refractivity contribution in [3.63, 3.8) is 0 Å². The molecule has 18 heavy (non-hydrogen) atoms. The minimum absolute atomic E-state index is 0.0414. The lowest BCUT2D eigenvalue weighted by molar-refractivity contribution is -0.0466. The second kappa shape index (κ2) is 6.62. The molecule has 1 fully saturated rings. The number of rotatable bonds is 9. The monoisotopic (exact) mass is 276 g/mol. The van der Waals surface area contributed by atoms with Gasteiger partial charge < -0.3 is 9.47 Å². The molecule has 2 nitrogen and oxygen atoms in total. The minimum atomic E-state index is -0.203. The Balaban J connectivity index is 2.05. The normalized spacial score (nSPS) is 31.4. The van der Waals surface area contributed by atoms with E-state index in [1.54, 1.807) is 0 Å². The molecule has 2 atom stereocenters. The molecule has 1 saturated heterocycles. The van der Waals surface area contributed by atoms with Gasteiger partial charge in [0.1, 0.15) is 0 Å². The summed E-state index contributed by atoms with van der Waals surface area (Å²) in [7, 11) is -0.203. The Morgan fingerprint density at radius 1 is 1.28 bits per heavy atom. The van der Waals surface area contributed by atoms with Crippen LogP contribution in [-0.2, 0) is 9.47 Å². The molecular weight excluding hydrogens is 244 g/mol. The Labute approximate surface area is 115 Å². The van der Waals surface area contributed by atoms with Crippen LogP contribution in [0.3, 0.4) is 0 Å². The minimum Gasteiger partial charge on any atom is -0.379 e. The Hall–Kier alpha value is 0.270. The maximum absolute atomic E-state index is 6.00. The largest absolute Gasteiger partial charge is 0.379 e. The first kappa shape index (κ1) is 16.3. The molecule has 0 aliphatic carbocycles. The van der Waals surface area contributed by atoms with Crippen molar-refractivity contribution in [2.24, 2.45) is 0 Å². The van der Waals surface area contributed by atoms with Crippen molar-refractivity contribution < 1.29 is 9.47 Å². The van der Waals surface area contributed by atoms with Crippen LogP contribution in [0.4, 0.5) is 0 Å². The van der Waals surface area contributed by atoms with E-state index in [4.69, 9.17) is 9.47 Å². The standard InChI is InChI=1S/C15H32O2S/c1-13(2)16-10-8-15(4,5)17-9-7-11-18(6)12-14(18)3/h13-14H,7-12H2,1-6H3. The highest BCUT2D eigenvalue weighted by Crippen LogP contribution is 2.65. The zero-order valence-electron chi connectivity index (χ0n) is 13.1. The van der Waals surface area contributed by atoms with E-state index in [-0.39, 0.29) is 15.6 Å². The van der Waals surface area contributed by atoms with Crippen molar-refractivity contribution in [2.45, 2.75) is 64.4 Å². The van der Waals surface area contributed by atoms with Crippen LogP contribution in [0, 0.1) is 0 Å². The summed E-state index contributed by atoms with van der Waals surface area (Å²) >= 11 is 0. The van der Waals surface area contributed by atoms with E-state index in [1.807, 2.05) is 0 Å². The van der Waals surface area contributed by atoms with E-state index < -0.39 is 0 Å². The molecule has 110 valence electrons. The second-order valence-corrected chi connectivity index (χ2v) is 10.9. The third-order valence-corrected chi connectivity index (χ3v) is 8.04. The third-order valence-electron chi connectivity index (χ3n) is 3.87. The average molecular weight is 276 g/mol. The van der Waals surface area contributed by atoms with Crippen LogP contribution in [0.5, 0.6) is 0 Å². The molecule has 0 N–H and O–H groups in total. The molecule has 1 aliphatic rings. The Bertz CT molecular complexity index is 253. The molecule has 0 bridgehead atoms. The fourth-order valence-corrected chi connectivity index (χ4v) is 5.17. The highest BCUT2D eigenvalue weighted by atomic mass is 32.3. The number of hydrogen-bond acceptors (Lipinski definition) is 2. The van der Waals surface area contributed by atoms with Gasteiger partial charge in [0.15, 0.2) is 0 Å². The quantitative estimate of drug-likeness (QED) is 0.471. The van der Waals surface area contributed by atoms with E-state index in [9.17, 15) is 0 Å². The van der Waals surface area contributed by atoms with Crippen LogP contribution in [-0.4, -0.2) is 47.9 Å². The summed E-state index contributed by atoms with van der Waals surface area (Å²) in [5.74, 6) is 2.88. The predicted molar refractivity (Wildman–Crippen MR) is 83.1 cm³/mol. The van der Waals surface area contributed by atoms with Crippen LogP contribution >= 0.6 is 10.0 Å². The first-order chi connectivity index (χ1) is 8.25. The topological polar surface area (TPSA) is 18.5 Å². The summed E-state index contributed by atoms with van der Waals surface area (Å²) in [6.07, 6.45) is 5.01. The van der Waals surface area contributed by atoms with Crippen LogP contribution in [0.25, 0.3) is 0 Å². The molecule has 1 aliphatic heterocycles. The summed E-state index contributed by atoms with van der Waals surface area (Å²) in [5.41, 5.74) is -0.0414. The van der Waals surface area contributed by atoms with Gasteiger partial charge in [-0.15, -0.1) is 0 Å². The van der Waals surface area contributed by atoms with Crippen LogP contribution < -0.4 is 0 Å². The lowest BCUT2D eigenvalue weighted by atomic mass is 10.1. The van der Waals surface area contributed by atoms with E-state index in [1.165, 1.54) is 17.9 Å². The SMILES string of the molecule is CC(C)OCCC(C)(C)OCCCS1(C)CC1C. The van der Waals surface area contributed by atoms with Crippen molar-refractivity contribution >= 4 is 10.0 Å². The highest BCUT2D eigenvalue weighted by molar-refractivity contribution is 8.39. The predicted octanol–water partition coefficient (Wildman–Crippen LogP) is 3.82. The van der Waals surface area contributed by atoms with Gasteiger partial charge in [0.2, 0.25) is 0 Å². The first-order valence-electron chi connectivity index (χ1n) is 7.23. The van der Waals surface area contributed by atoms with E-state index >= 15 is 0 Å². The summed E-state index contributed by atoms with van der Waals surface area (Å²) in [4.78, 5) is 0. The molecule has 0 aromatic rings. The summed E-state index contributed by atoms with van der Waals surface area (Å²) in [5, 5.41) is 1.00. The van der Waals surface area contributed by atoms with Gasteiger partial charge in [0.25, 0.3) is 0 Å². The van der Waals surface area contributed by atoms with Crippen molar-refractivity contribution in [3.05, 3.63) is 0 Å². The zero-order valence-corrected chi connectivity index (χ0v) is 13.9. The molecule has 0 spiro atoms. The smallest absolute Gasteiger partial charge is 0.0648 e. The van der Waals surface area contributed by atoms with Gasteiger partial charge >= 0.3 is 0 Å². The molecule has 0 saturated carbocycles. The van der Waals surface area contributed by atoms with Gasteiger partial charge in [-0.2, -0.15) is 0 Å². The molecule has 1 heterocycles. The molecule has 1 rings (SSSR count). The van der Waals surface area contributed by atoms with Crippen molar-refractivity contribution in [1.82, 2.24) is 0 Å². The number of ether oxygens (including phenoxy) is 2. The van der Waals surface area contributed by atoms with E-state index in [0.717, 1.165) is 24.9 Å². The van der Waals surface area contributed by atoms with Gasteiger partial charge in [-0.25, -0.2) is 10.0 Å². The lowest BCUT2D eigenvalue weighted by Gasteiger charge is -2.26. The molecule has 0 aromatic carbocycles. The maximum Gasteiger partial charge on any atom is 0.0648 e. The highest BCUT2D eigenvalue weighted by Gasteiger charge is 2.40. The Kier molecular flexibility index (Phi) is 6.01. The van der Waals surface area contributed by atoms with Gasteiger partial charge in [0, 0.05) is 13.2 Å². The molecule has 0 radical (unpaired) electrons. The number of hydrogen-bond donors (Lipinski definition) is 0. The third kappa shape index (κ3) is 5.94. The van der Waals surface area contributed by atoms with E-state index in [2.05, 4.69) is 40.9 Å². The Morgan fingerprint density at radius 2 is 1.89 bits per heavy atom. The van der Waals surface area contributed by atoms with Gasteiger partial charge in [-0.1, -0.05) is 6.92 Å². The molecule has 2 unspecified atom stereocenters. The zero-order chi connectivity index (χ0) is 13.8. The lowest BCUT2D eigenvalue weighted by Crippen LogP contribution is -2.27. The van der Waals surface area contributed by atoms with Crippen molar-refractivity contribution in [1.29, 1.82) is 0 Å². The molecule has 0 amide bonds. The average Bonchev–Trinajstić information content (AvgIpc) is 2.81. The Morgan fingerprint density at radius 3 is 2.39 bits per heavy atom. The molecule has 0 aromatic heterocycles. The summed E-state index contributed by atoms with van der Waals surface area (Å²) in [6, 6.07) is 0. The van der Waals surface area contributed by atoms with Gasteiger partial charge in [0.05, 0.1) is 11.7 Å². The fourth-order valence-electron chi connectivity index (χ4n) is 2.13. The van der Waals surface area contributed by atoms with Gasteiger partial charge in [-0.3, -0.25) is 0 Å². The molecular formula is C15H32O2S. The van der Waals surface area contributed by atoms with Crippen LogP contribution in [0.1, 0.15) is 47.5 Å². The molecule has 3 heteroatoms. The van der Waals surface area contributed by atoms with Crippen LogP contribution in [0.15, 0.2) is 0 Å². The van der Waals surface area contributed by atoms with E-state index in [0.29, 0.717) is 6.10 Å².